The molecule has 2 aromatic rings. The highest BCUT2D eigenvalue weighted by atomic mass is 16.6. The standard InChI is InChI=1S/C22H25N3O5/c1-2-29-21-6-4-18(14-19(21)25(27)28)22(26)24-10-8-23(9-11-24)15-16-3-5-20-17(13-16)7-12-30-20/h3-6,13-14H,2,7-12,15H2,1H3. The molecule has 30 heavy (non-hydrogen) atoms. The second-order valence-corrected chi connectivity index (χ2v) is 7.48. The van der Waals surface area contributed by atoms with Crippen LogP contribution in [0.2, 0.25) is 0 Å². The molecule has 2 heterocycles. The van der Waals surface area contributed by atoms with Crippen molar-refractivity contribution in [1.82, 2.24) is 9.80 Å². The summed E-state index contributed by atoms with van der Waals surface area (Å²) in [5, 5.41) is 11.3. The van der Waals surface area contributed by atoms with E-state index in [0.717, 1.165) is 38.4 Å². The number of ether oxygens (including phenoxy) is 2. The Bertz CT molecular complexity index is 954. The number of nitro benzene ring substituents is 1. The number of rotatable bonds is 6. The maximum atomic E-state index is 12.9. The van der Waals surface area contributed by atoms with Gasteiger partial charge < -0.3 is 14.4 Å². The lowest BCUT2D eigenvalue weighted by Gasteiger charge is -2.34. The largest absolute Gasteiger partial charge is 0.493 e. The number of hydrogen-bond donors (Lipinski definition) is 0. The Labute approximate surface area is 175 Å². The van der Waals surface area contributed by atoms with Crippen molar-refractivity contribution in [3.8, 4) is 11.5 Å². The van der Waals surface area contributed by atoms with Gasteiger partial charge in [-0.25, -0.2) is 0 Å². The number of nitro groups is 1. The molecule has 2 aromatic carbocycles. The molecule has 0 atom stereocenters. The maximum absolute atomic E-state index is 12.9. The van der Waals surface area contributed by atoms with E-state index in [1.54, 1.807) is 17.9 Å². The van der Waals surface area contributed by atoms with Gasteiger partial charge in [-0.05, 0) is 36.2 Å². The summed E-state index contributed by atoms with van der Waals surface area (Å²) in [5.74, 6) is 0.984. The van der Waals surface area contributed by atoms with Crippen molar-refractivity contribution in [3.05, 3.63) is 63.2 Å². The second-order valence-electron chi connectivity index (χ2n) is 7.48. The van der Waals surface area contributed by atoms with Crippen molar-refractivity contribution >= 4 is 11.6 Å². The lowest BCUT2D eigenvalue weighted by Crippen LogP contribution is -2.48. The molecule has 8 heteroatoms. The van der Waals surface area contributed by atoms with E-state index in [1.165, 1.54) is 23.3 Å². The van der Waals surface area contributed by atoms with Crippen LogP contribution in [-0.2, 0) is 13.0 Å². The van der Waals surface area contributed by atoms with Crippen LogP contribution < -0.4 is 9.47 Å². The van der Waals surface area contributed by atoms with E-state index in [4.69, 9.17) is 9.47 Å². The zero-order valence-electron chi connectivity index (χ0n) is 17.0. The van der Waals surface area contributed by atoms with E-state index in [2.05, 4.69) is 17.0 Å². The van der Waals surface area contributed by atoms with Crippen LogP contribution in [0.1, 0.15) is 28.4 Å². The summed E-state index contributed by atoms with van der Waals surface area (Å²) in [4.78, 5) is 27.8. The second kappa shape index (κ2) is 8.71. The monoisotopic (exact) mass is 411 g/mol. The third-order valence-corrected chi connectivity index (χ3v) is 5.52. The molecule has 0 unspecified atom stereocenters. The summed E-state index contributed by atoms with van der Waals surface area (Å²) in [6.07, 6.45) is 0.958. The van der Waals surface area contributed by atoms with Crippen LogP contribution in [0.5, 0.6) is 11.5 Å². The molecule has 0 radical (unpaired) electrons. The molecule has 0 aliphatic carbocycles. The minimum Gasteiger partial charge on any atom is -0.493 e. The minimum absolute atomic E-state index is 0.179. The predicted octanol–water partition coefficient (Wildman–Crippen LogP) is 2.89. The SMILES string of the molecule is CCOc1ccc(C(=O)N2CCN(Cc3ccc4c(c3)CCO4)CC2)cc1[N+](=O)[O-]. The van der Waals surface area contributed by atoms with E-state index in [9.17, 15) is 14.9 Å². The van der Waals surface area contributed by atoms with Gasteiger partial charge in [-0.3, -0.25) is 19.8 Å². The minimum atomic E-state index is -0.513. The van der Waals surface area contributed by atoms with Gasteiger partial charge in [0, 0.05) is 50.8 Å². The average molecular weight is 411 g/mol. The molecule has 4 rings (SSSR count). The zero-order chi connectivity index (χ0) is 21.1. The topological polar surface area (TPSA) is 85.2 Å². The molecular formula is C22H25N3O5. The third-order valence-electron chi connectivity index (χ3n) is 5.52. The van der Waals surface area contributed by atoms with E-state index in [-0.39, 0.29) is 17.3 Å². The van der Waals surface area contributed by atoms with Gasteiger partial charge in [-0.15, -0.1) is 0 Å². The van der Waals surface area contributed by atoms with Gasteiger partial charge in [0.2, 0.25) is 0 Å². The van der Waals surface area contributed by atoms with Crippen molar-refractivity contribution in [2.45, 2.75) is 19.9 Å². The molecule has 0 saturated carbocycles. The Morgan fingerprint density at radius 2 is 1.97 bits per heavy atom. The first-order chi connectivity index (χ1) is 14.5. The van der Waals surface area contributed by atoms with E-state index < -0.39 is 4.92 Å². The van der Waals surface area contributed by atoms with Gasteiger partial charge >= 0.3 is 5.69 Å². The van der Waals surface area contributed by atoms with E-state index >= 15 is 0 Å². The number of carbonyl (C=O) groups excluding carboxylic acids is 1. The number of nitrogens with zero attached hydrogens (tertiary/aromatic N) is 3. The number of benzene rings is 2. The van der Waals surface area contributed by atoms with Crippen molar-refractivity contribution in [2.24, 2.45) is 0 Å². The number of carbonyl (C=O) groups is 1. The Hall–Kier alpha value is -3.13. The van der Waals surface area contributed by atoms with E-state index in [1.807, 2.05) is 6.07 Å². The summed E-state index contributed by atoms with van der Waals surface area (Å²) in [6, 6.07) is 10.8. The molecule has 2 aliphatic heterocycles. The first-order valence-corrected chi connectivity index (χ1v) is 10.2. The van der Waals surface area contributed by atoms with E-state index in [0.29, 0.717) is 25.3 Å². The van der Waals surface area contributed by atoms with Crippen LogP contribution >= 0.6 is 0 Å². The van der Waals surface area contributed by atoms with Crippen LogP contribution in [-0.4, -0.2) is 60.0 Å². The fourth-order valence-corrected chi connectivity index (χ4v) is 3.96. The molecular weight excluding hydrogens is 386 g/mol. The molecule has 8 nitrogen and oxygen atoms in total. The van der Waals surface area contributed by atoms with Gasteiger partial charge in [0.05, 0.1) is 18.1 Å². The number of amides is 1. The molecule has 0 bridgehead atoms. The van der Waals surface area contributed by atoms with Gasteiger partial charge in [-0.2, -0.15) is 0 Å². The summed E-state index contributed by atoms with van der Waals surface area (Å²) in [7, 11) is 0. The Morgan fingerprint density at radius 3 is 2.70 bits per heavy atom. The van der Waals surface area contributed by atoms with Crippen LogP contribution in [0.15, 0.2) is 36.4 Å². The van der Waals surface area contributed by atoms with Gasteiger partial charge in [0.1, 0.15) is 5.75 Å². The van der Waals surface area contributed by atoms with Crippen LogP contribution in [0.4, 0.5) is 5.69 Å². The molecule has 0 spiro atoms. The fraction of sp³-hybridized carbons (Fsp3) is 0.409. The number of fused-ring (bicyclic) bond motifs is 1. The lowest BCUT2D eigenvalue weighted by atomic mass is 10.1. The molecule has 1 fully saturated rings. The van der Waals surface area contributed by atoms with Gasteiger partial charge in [0.25, 0.3) is 5.91 Å². The zero-order valence-corrected chi connectivity index (χ0v) is 17.0. The van der Waals surface area contributed by atoms with Crippen LogP contribution in [0, 0.1) is 10.1 Å². The Kier molecular flexibility index (Phi) is 5.85. The highest BCUT2D eigenvalue weighted by molar-refractivity contribution is 5.95. The van der Waals surface area contributed by atoms with Crippen LogP contribution in [0.3, 0.4) is 0 Å². The molecule has 0 N–H and O–H groups in total. The normalized spacial score (nSPS) is 16.1. The van der Waals surface area contributed by atoms with Crippen molar-refractivity contribution < 1.29 is 19.2 Å². The number of hydrogen-bond acceptors (Lipinski definition) is 6. The molecule has 2 aliphatic rings. The highest BCUT2D eigenvalue weighted by Crippen LogP contribution is 2.29. The molecule has 158 valence electrons. The van der Waals surface area contributed by atoms with Gasteiger partial charge in [0.15, 0.2) is 5.75 Å². The Balaban J connectivity index is 1.37. The molecule has 1 amide bonds. The van der Waals surface area contributed by atoms with Crippen molar-refractivity contribution in [3.63, 3.8) is 0 Å². The lowest BCUT2D eigenvalue weighted by molar-refractivity contribution is -0.385. The van der Waals surface area contributed by atoms with Crippen molar-refractivity contribution in [2.75, 3.05) is 39.4 Å². The van der Waals surface area contributed by atoms with Crippen LogP contribution in [0.25, 0.3) is 0 Å². The smallest absolute Gasteiger partial charge is 0.311 e. The summed E-state index contributed by atoms with van der Waals surface area (Å²) >= 11 is 0. The summed E-state index contributed by atoms with van der Waals surface area (Å²) in [5.41, 5.74) is 2.65. The molecule has 0 aromatic heterocycles. The average Bonchev–Trinajstić information content (AvgIpc) is 3.22. The van der Waals surface area contributed by atoms with Crippen molar-refractivity contribution in [1.29, 1.82) is 0 Å². The quantitative estimate of drug-likeness (QED) is 0.537. The predicted molar refractivity (Wildman–Crippen MR) is 111 cm³/mol. The fourth-order valence-electron chi connectivity index (χ4n) is 3.96. The summed E-state index contributed by atoms with van der Waals surface area (Å²) < 4.78 is 10.9. The first-order valence-electron chi connectivity index (χ1n) is 10.2. The van der Waals surface area contributed by atoms with Gasteiger partial charge in [-0.1, -0.05) is 12.1 Å². The molecule has 1 saturated heterocycles. The third kappa shape index (κ3) is 4.23. The Morgan fingerprint density at radius 1 is 1.17 bits per heavy atom. The summed E-state index contributed by atoms with van der Waals surface area (Å²) in [6.45, 7) is 6.39. The first kappa shape index (κ1) is 20.2. The highest BCUT2D eigenvalue weighted by Gasteiger charge is 2.25. The maximum Gasteiger partial charge on any atom is 0.311 e. The number of piperazine rings is 1.